The molecule has 1 aliphatic rings. The lowest BCUT2D eigenvalue weighted by Gasteiger charge is -2.11. The minimum Gasteiger partial charge on any atom is -0.324 e. The second-order valence-corrected chi connectivity index (χ2v) is 6.95. The number of nitrogens with one attached hydrogen (secondary N) is 1. The second-order valence-electron chi connectivity index (χ2n) is 5.60. The first-order valence-electron chi connectivity index (χ1n) is 7.69. The highest BCUT2D eigenvalue weighted by Crippen LogP contribution is 2.31. The number of anilines is 1. The number of nitro groups is 1. The van der Waals surface area contributed by atoms with Crippen molar-refractivity contribution < 1.29 is 9.72 Å². The maximum absolute atomic E-state index is 12.1. The molecule has 1 fully saturated rings. The van der Waals surface area contributed by atoms with Crippen molar-refractivity contribution in [1.29, 1.82) is 0 Å². The van der Waals surface area contributed by atoms with Gasteiger partial charge in [0.05, 0.1) is 27.4 Å². The molecule has 1 heterocycles. The molecule has 1 N–H and O–H groups in total. The lowest BCUT2D eigenvalue weighted by Crippen LogP contribution is -2.16. The predicted octanol–water partition coefficient (Wildman–Crippen LogP) is 3.08. The van der Waals surface area contributed by atoms with Gasteiger partial charge in [-0.1, -0.05) is 36.2 Å². The number of amides is 1. The summed E-state index contributed by atoms with van der Waals surface area (Å²) in [5.74, 6) is -0.264. The third-order valence-corrected chi connectivity index (χ3v) is 5.16. The van der Waals surface area contributed by atoms with Crippen LogP contribution in [0.15, 0.2) is 23.4 Å². The number of hydrogen-bond donors (Lipinski definition) is 1. The number of halogens is 1. The molecule has 25 heavy (non-hydrogen) atoms. The van der Waals surface area contributed by atoms with Gasteiger partial charge in [-0.3, -0.25) is 14.9 Å². The zero-order valence-corrected chi connectivity index (χ0v) is 14.7. The standard InChI is InChI=1S/C14H15ClN6O3S/c15-11-6-5-10(21(23)24)7-12(11)16-13(22)8-25-14-17-18-19-20(14)9-3-1-2-4-9/h5-7,9H,1-4,8H2,(H,16,22). The van der Waals surface area contributed by atoms with Gasteiger partial charge in [-0.2, -0.15) is 0 Å². The Hall–Kier alpha value is -2.20. The number of carbonyl (C=O) groups is 1. The number of tetrazole rings is 1. The van der Waals surface area contributed by atoms with Crippen molar-refractivity contribution in [2.75, 3.05) is 11.1 Å². The van der Waals surface area contributed by atoms with Crippen molar-refractivity contribution in [3.05, 3.63) is 33.3 Å². The number of benzene rings is 1. The molecular formula is C14H15ClN6O3S. The molecule has 1 amide bonds. The number of carbonyl (C=O) groups excluding carboxylic acids is 1. The predicted molar refractivity (Wildman–Crippen MR) is 92.8 cm³/mol. The van der Waals surface area contributed by atoms with Gasteiger partial charge in [-0.05, 0) is 29.3 Å². The second kappa shape index (κ2) is 7.79. The smallest absolute Gasteiger partial charge is 0.271 e. The molecule has 1 saturated carbocycles. The molecule has 3 rings (SSSR count). The number of aromatic nitrogens is 4. The summed E-state index contributed by atoms with van der Waals surface area (Å²) in [5.41, 5.74) is 0.0642. The van der Waals surface area contributed by atoms with E-state index in [9.17, 15) is 14.9 Å². The molecule has 2 aromatic rings. The van der Waals surface area contributed by atoms with Gasteiger partial charge in [0, 0.05) is 12.1 Å². The average Bonchev–Trinajstić information content (AvgIpc) is 3.25. The summed E-state index contributed by atoms with van der Waals surface area (Å²) in [6.45, 7) is 0. The fraction of sp³-hybridized carbons (Fsp3) is 0.429. The monoisotopic (exact) mass is 382 g/mol. The lowest BCUT2D eigenvalue weighted by atomic mass is 10.3. The summed E-state index contributed by atoms with van der Waals surface area (Å²) in [4.78, 5) is 22.4. The fourth-order valence-corrected chi connectivity index (χ4v) is 3.61. The molecule has 0 saturated heterocycles. The highest BCUT2D eigenvalue weighted by Gasteiger charge is 2.22. The van der Waals surface area contributed by atoms with Crippen LogP contribution in [0.2, 0.25) is 5.02 Å². The van der Waals surface area contributed by atoms with Crippen LogP contribution < -0.4 is 5.32 Å². The van der Waals surface area contributed by atoms with E-state index in [1.165, 1.54) is 30.0 Å². The molecule has 0 atom stereocenters. The van der Waals surface area contributed by atoms with Gasteiger partial charge in [0.2, 0.25) is 11.1 Å². The third kappa shape index (κ3) is 4.26. The molecule has 0 bridgehead atoms. The fourth-order valence-electron chi connectivity index (χ4n) is 2.70. The molecule has 0 aliphatic heterocycles. The van der Waals surface area contributed by atoms with Crippen LogP contribution in [0.4, 0.5) is 11.4 Å². The Labute approximate surface area is 152 Å². The Morgan fingerprint density at radius 3 is 2.92 bits per heavy atom. The SMILES string of the molecule is O=C(CSc1nnnn1C1CCCC1)Nc1cc([N+](=O)[O-])ccc1Cl. The van der Waals surface area contributed by atoms with Crippen LogP contribution >= 0.6 is 23.4 Å². The number of nitro benzene ring substituents is 1. The quantitative estimate of drug-likeness (QED) is 0.463. The summed E-state index contributed by atoms with van der Waals surface area (Å²) in [7, 11) is 0. The Balaban J connectivity index is 1.61. The Kier molecular flexibility index (Phi) is 5.49. The summed E-state index contributed by atoms with van der Waals surface area (Å²) >= 11 is 7.20. The van der Waals surface area contributed by atoms with Gasteiger partial charge in [0.25, 0.3) is 5.69 Å². The van der Waals surface area contributed by atoms with E-state index >= 15 is 0 Å². The topological polar surface area (TPSA) is 116 Å². The number of non-ortho nitro benzene ring substituents is 1. The highest BCUT2D eigenvalue weighted by atomic mass is 35.5. The molecule has 132 valence electrons. The maximum atomic E-state index is 12.1. The van der Waals surface area contributed by atoms with Crippen LogP contribution in [0, 0.1) is 10.1 Å². The van der Waals surface area contributed by atoms with Crippen LogP contribution in [0.1, 0.15) is 31.7 Å². The first kappa shape index (κ1) is 17.6. The van der Waals surface area contributed by atoms with E-state index in [1.807, 2.05) is 0 Å². The van der Waals surface area contributed by atoms with Crippen molar-refractivity contribution in [3.63, 3.8) is 0 Å². The van der Waals surface area contributed by atoms with Crippen molar-refractivity contribution in [2.24, 2.45) is 0 Å². The first-order chi connectivity index (χ1) is 12.0. The molecule has 0 spiro atoms. The van der Waals surface area contributed by atoms with Crippen LogP contribution in [0.5, 0.6) is 0 Å². The molecule has 1 aliphatic carbocycles. The third-order valence-electron chi connectivity index (χ3n) is 3.90. The van der Waals surface area contributed by atoms with E-state index < -0.39 is 4.92 Å². The van der Waals surface area contributed by atoms with Gasteiger partial charge in [0.15, 0.2) is 0 Å². The first-order valence-corrected chi connectivity index (χ1v) is 9.05. The van der Waals surface area contributed by atoms with E-state index in [4.69, 9.17) is 11.6 Å². The Morgan fingerprint density at radius 1 is 1.44 bits per heavy atom. The molecule has 1 aromatic carbocycles. The average molecular weight is 383 g/mol. The van der Waals surface area contributed by atoms with Crippen molar-refractivity contribution in [2.45, 2.75) is 36.9 Å². The largest absolute Gasteiger partial charge is 0.324 e. The van der Waals surface area contributed by atoms with Gasteiger partial charge < -0.3 is 5.32 Å². The number of nitrogens with zero attached hydrogens (tertiary/aromatic N) is 5. The molecule has 9 nitrogen and oxygen atoms in total. The molecular weight excluding hydrogens is 368 g/mol. The maximum Gasteiger partial charge on any atom is 0.271 e. The summed E-state index contributed by atoms with van der Waals surface area (Å²) in [6, 6.07) is 4.17. The van der Waals surface area contributed by atoms with E-state index in [1.54, 1.807) is 4.68 Å². The number of thioether (sulfide) groups is 1. The molecule has 1 aromatic heterocycles. The minimum absolute atomic E-state index is 0.0755. The van der Waals surface area contributed by atoms with E-state index in [-0.39, 0.29) is 34.1 Å². The van der Waals surface area contributed by atoms with Gasteiger partial charge in [-0.15, -0.1) is 5.10 Å². The van der Waals surface area contributed by atoms with Crippen LogP contribution in [-0.2, 0) is 4.79 Å². The zero-order chi connectivity index (χ0) is 17.8. The van der Waals surface area contributed by atoms with Crippen molar-refractivity contribution in [1.82, 2.24) is 20.2 Å². The minimum atomic E-state index is -0.545. The van der Waals surface area contributed by atoms with E-state index in [2.05, 4.69) is 20.8 Å². The van der Waals surface area contributed by atoms with Crippen LogP contribution in [0.25, 0.3) is 0 Å². The normalized spacial score (nSPS) is 14.6. The zero-order valence-electron chi connectivity index (χ0n) is 13.1. The molecule has 0 unspecified atom stereocenters. The summed E-state index contributed by atoms with van der Waals surface area (Å²) < 4.78 is 1.77. The number of hydrogen-bond acceptors (Lipinski definition) is 7. The highest BCUT2D eigenvalue weighted by molar-refractivity contribution is 7.99. The van der Waals surface area contributed by atoms with Gasteiger partial charge in [-0.25, -0.2) is 4.68 Å². The van der Waals surface area contributed by atoms with E-state index in [0.717, 1.165) is 25.7 Å². The Morgan fingerprint density at radius 2 is 2.20 bits per heavy atom. The van der Waals surface area contributed by atoms with Crippen molar-refractivity contribution >= 4 is 40.6 Å². The molecule has 0 radical (unpaired) electrons. The van der Waals surface area contributed by atoms with Gasteiger partial charge in [0.1, 0.15) is 0 Å². The lowest BCUT2D eigenvalue weighted by molar-refractivity contribution is -0.384. The van der Waals surface area contributed by atoms with Gasteiger partial charge >= 0.3 is 0 Å². The van der Waals surface area contributed by atoms with Crippen molar-refractivity contribution in [3.8, 4) is 0 Å². The number of rotatable bonds is 6. The summed E-state index contributed by atoms with van der Waals surface area (Å²) in [5, 5.41) is 25.9. The van der Waals surface area contributed by atoms with Crippen LogP contribution in [-0.4, -0.2) is 36.8 Å². The molecule has 11 heteroatoms. The summed E-state index contributed by atoms with van der Waals surface area (Å²) in [6.07, 6.45) is 4.38. The Bertz CT molecular complexity index is 793. The van der Waals surface area contributed by atoms with Crippen LogP contribution in [0.3, 0.4) is 0 Å². The van der Waals surface area contributed by atoms with E-state index in [0.29, 0.717) is 5.16 Å².